The van der Waals surface area contributed by atoms with Crippen molar-refractivity contribution in [1.82, 2.24) is 4.90 Å². The van der Waals surface area contributed by atoms with Crippen LogP contribution >= 0.6 is 23.2 Å². The minimum Gasteiger partial charge on any atom is -0.487 e. The van der Waals surface area contributed by atoms with Crippen molar-refractivity contribution in [2.75, 3.05) is 30.8 Å². The summed E-state index contributed by atoms with van der Waals surface area (Å²) in [7, 11) is 1.99. The van der Waals surface area contributed by atoms with Crippen molar-refractivity contribution < 1.29 is 22.7 Å². The molecule has 2 aromatic carbocycles. The molecule has 1 atom stereocenters. The van der Waals surface area contributed by atoms with Crippen molar-refractivity contribution in [3.63, 3.8) is 0 Å². The van der Waals surface area contributed by atoms with E-state index in [-0.39, 0.29) is 11.8 Å². The van der Waals surface area contributed by atoms with E-state index in [1.165, 1.54) is 6.07 Å². The smallest absolute Gasteiger partial charge is 0.417 e. The fraction of sp³-hybridized carbons (Fsp3) is 0.316. The first kappa shape index (κ1) is 21.5. The Kier molecular flexibility index (Phi) is 6.45. The standard InChI is InChI=1S/C19H18Cl2F3N3O2/c1-27-7-6-13(10-27)29-17-9-12(3-5-16(17)21)26-18(28)25-11-2-4-15(20)14(8-11)19(22,23)24/h2-5,8-9,13H,6-7,10H2,1H3,(H2,25,26,28)/t13-/m1/s1. The number of halogens is 5. The summed E-state index contributed by atoms with van der Waals surface area (Å²) < 4.78 is 44.7. The van der Waals surface area contributed by atoms with Crippen molar-refractivity contribution in [3.8, 4) is 5.75 Å². The zero-order valence-electron chi connectivity index (χ0n) is 15.3. The van der Waals surface area contributed by atoms with Crippen molar-refractivity contribution >= 4 is 40.6 Å². The van der Waals surface area contributed by atoms with Gasteiger partial charge in [-0.05, 0) is 43.8 Å². The van der Waals surface area contributed by atoms with Gasteiger partial charge in [0.2, 0.25) is 0 Å². The molecule has 156 valence electrons. The number of alkyl halides is 3. The molecule has 0 spiro atoms. The number of carbonyl (C=O) groups is 1. The van der Waals surface area contributed by atoms with Crippen molar-refractivity contribution in [2.45, 2.75) is 18.7 Å². The van der Waals surface area contributed by atoms with Crippen LogP contribution in [0.5, 0.6) is 5.75 Å². The maximum atomic E-state index is 12.9. The maximum absolute atomic E-state index is 12.9. The molecule has 2 N–H and O–H groups in total. The van der Waals surface area contributed by atoms with Crippen LogP contribution in [0.4, 0.5) is 29.3 Å². The lowest BCUT2D eigenvalue weighted by atomic mass is 10.2. The lowest BCUT2D eigenvalue weighted by Gasteiger charge is -2.16. The van der Waals surface area contributed by atoms with Crippen LogP contribution in [0.25, 0.3) is 0 Å². The number of hydrogen-bond acceptors (Lipinski definition) is 3. The Bertz CT molecular complexity index is 909. The Balaban J connectivity index is 1.67. The van der Waals surface area contributed by atoms with Crippen LogP contribution in [0, 0.1) is 0 Å². The second-order valence-corrected chi connectivity index (χ2v) is 7.52. The van der Waals surface area contributed by atoms with Gasteiger partial charge in [-0.1, -0.05) is 23.2 Å². The summed E-state index contributed by atoms with van der Waals surface area (Å²) in [5, 5.41) is 4.86. The highest BCUT2D eigenvalue weighted by molar-refractivity contribution is 6.32. The highest BCUT2D eigenvalue weighted by atomic mass is 35.5. The summed E-state index contributed by atoms with van der Waals surface area (Å²) in [4.78, 5) is 14.3. The fourth-order valence-electron chi connectivity index (χ4n) is 2.96. The third-order valence-corrected chi connectivity index (χ3v) is 5.00. The van der Waals surface area contributed by atoms with Crippen LogP contribution in [0.2, 0.25) is 10.0 Å². The summed E-state index contributed by atoms with van der Waals surface area (Å²) >= 11 is 11.7. The molecule has 0 bridgehead atoms. The molecule has 2 aromatic rings. The Labute approximate surface area is 175 Å². The molecule has 0 aliphatic carbocycles. The minimum absolute atomic E-state index is 0.00330. The molecule has 1 saturated heterocycles. The number of ether oxygens (including phenoxy) is 1. The molecule has 10 heteroatoms. The second-order valence-electron chi connectivity index (χ2n) is 6.71. The Morgan fingerprint density at radius 3 is 2.31 bits per heavy atom. The van der Waals surface area contributed by atoms with Crippen LogP contribution in [0.3, 0.4) is 0 Å². The lowest BCUT2D eigenvalue weighted by molar-refractivity contribution is -0.137. The van der Waals surface area contributed by atoms with Gasteiger partial charge in [-0.25, -0.2) is 4.79 Å². The predicted molar refractivity (Wildman–Crippen MR) is 107 cm³/mol. The third kappa shape index (κ3) is 5.68. The number of urea groups is 1. The molecule has 0 unspecified atom stereocenters. The van der Waals surface area contributed by atoms with Gasteiger partial charge in [-0.2, -0.15) is 13.2 Å². The highest BCUT2D eigenvalue weighted by Crippen LogP contribution is 2.36. The van der Waals surface area contributed by atoms with Gasteiger partial charge in [0, 0.05) is 30.5 Å². The van der Waals surface area contributed by atoms with E-state index in [4.69, 9.17) is 27.9 Å². The number of rotatable bonds is 4. The number of benzene rings is 2. The lowest BCUT2D eigenvalue weighted by Crippen LogP contribution is -2.22. The molecule has 1 aliphatic heterocycles. The first-order chi connectivity index (χ1) is 13.6. The Hall–Kier alpha value is -2.16. The van der Waals surface area contributed by atoms with Gasteiger partial charge in [0.15, 0.2) is 0 Å². The summed E-state index contributed by atoms with van der Waals surface area (Å²) in [6, 6.07) is 7.14. The molecule has 0 saturated carbocycles. The number of nitrogens with zero attached hydrogens (tertiary/aromatic N) is 1. The normalized spacial score (nSPS) is 17.2. The number of carbonyl (C=O) groups excluding carboxylic acids is 1. The average Bonchev–Trinajstić information content (AvgIpc) is 3.03. The van der Waals surface area contributed by atoms with Crippen LogP contribution in [-0.2, 0) is 6.18 Å². The molecule has 1 aliphatic rings. The van der Waals surface area contributed by atoms with Gasteiger partial charge in [-0.3, -0.25) is 0 Å². The van der Waals surface area contributed by atoms with Crippen LogP contribution in [0.1, 0.15) is 12.0 Å². The van der Waals surface area contributed by atoms with Crippen LogP contribution in [0.15, 0.2) is 36.4 Å². The van der Waals surface area contributed by atoms with E-state index in [1.54, 1.807) is 18.2 Å². The van der Waals surface area contributed by atoms with E-state index in [2.05, 4.69) is 15.5 Å². The van der Waals surface area contributed by atoms with Gasteiger partial charge in [0.1, 0.15) is 11.9 Å². The largest absolute Gasteiger partial charge is 0.487 e. The second kappa shape index (κ2) is 8.69. The minimum atomic E-state index is -4.62. The zero-order valence-corrected chi connectivity index (χ0v) is 16.8. The van der Waals surface area contributed by atoms with Crippen LogP contribution < -0.4 is 15.4 Å². The SMILES string of the molecule is CN1CC[C@@H](Oc2cc(NC(=O)Nc3ccc(Cl)c(C(F)(F)F)c3)ccc2Cl)C1. The first-order valence-corrected chi connectivity index (χ1v) is 9.47. The number of likely N-dealkylation sites (N-methyl/N-ethyl adjacent to an activating group) is 1. The quantitative estimate of drug-likeness (QED) is 0.628. The van der Waals surface area contributed by atoms with E-state index >= 15 is 0 Å². The highest BCUT2D eigenvalue weighted by Gasteiger charge is 2.33. The Morgan fingerprint density at radius 2 is 1.72 bits per heavy atom. The summed E-state index contributed by atoms with van der Waals surface area (Å²) in [6.45, 7) is 1.69. The number of hydrogen-bond donors (Lipinski definition) is 2. The maximum Gasteiger partial charge on any atom is 0.417 e. The fourth-order valence-corrected chi connectivity index (χ4v) is 3.34. The molecule has 2 amide bonds. The van der Waals surface area contributed by atoms with E-state index in [9.17, 15) is 18.0 Å². The van der Waals surface area contributed by atoms with E-state index in [0.29, 0.717) is 16.5 Å². The number of anilines is 2. The van der Waals surface area contributed by atoms with Crippen molar-refractivity contribution in [1.29, 1.82) is 0 Å². The van der Waals surface area contributed by atoms with Gasteiger partial charge in [0.05, 0.1) is 15.6 Å². The topological polar surface area (TPSA) is 53.6 Å². The molecule has 29 heavy (non-hydrogen) atoms. The predicted octanol–water partition coefficient (Wildman–Crippen LogP) is 5.74. The van der Waals surface area contributed by atoms with Crippen molar-refractivity contribution in [3.05, 3.63) is 52.0 Å². The number of likely N-dealkylation sites (tertiary alicyclic amines) is 1. The van der Waals surface area contributed by atoms with E-state index in [0.717, 1.165) is 31.6 Å². The number of nitrogens with one attached hydrogen (secondary N) is 2. The first-order valence-electron chi connectivity index (χ1n) is 8.71. The molecule has 3 rings (SSSR count). The molecular weight excluding hydrogens is 430 g/mol. The summed E-state index contributed by atoms with van der Waals surface area (Å²) in [6.07, 6.45) is -3.76. The molecule has 1 heterocycles. The summed E-state index contributed by atoms with van der Waals surface area (Å²) in [5.74, 6) is 0.426. The van der Waals surface area contributed by atoms with E-state index < -0.39 is 22.8 Å². The number of amides is 2. The van der Waals surface area contributed by atoms with Gasteiger partial charge >= 0.3 is 12.2 Å². The average molecular weight is 448 g/mol. The van der Waals surface area contributed by atoms with Gasteiger partial charge in [0.25, 0.3) is 0 Å². The molecular formula is C19H18Cl2F3N3O2. The van der Waals surface area contributed by atoms with Gasteiger partial charge < -0.3 is 20.3 Å². The monoisotopic (exact) mass is 447 g/mol. The molecule has 0 aromatic heterocycles. The molecule has 0 radical (unpaired) electrons. The third-order valence-electron chi connectivity index (χ3n) is 4.36. The van der Waals surface area contributed by atoms with E-state index in [1.807, 2.05) is 7.05 Å². The Morgan fingerprint density at radius 1 is 1.10 bits per heavy atom. The molecule has 1 fully saturated rings. The molecule has 5 nitrogen and oxygen atoms in total. The van der Waals surface area contributed by atoms with Crippen LogP contribution in [-0.4, -0.2) is 37.2 Å². The van der Waals surface area contributed by atoms with Crippen molar-refractivity contribution in [2.24, 2.45) is 0 Å². The summed E-state index contributed by atoms with van der Waals surface area (Å²) in [5.41, 5.74) is -0.683. The van der Waals surface area contributed by atoms with Gasteiger partial charge in [-0.15, -0.1) is 0 Å². The zero-order chi connectivity index (χ0) is 21.2.